The summed E-state index contributed by atoms with van der Waals surface area (Å²) in [5, 5.41) is 8.30. The van der Waals surface area contributed by atoms with Crippen molar-refractivity contribution in [1.82, 2.24) is 19.9 Å². The Hall–Kier alpha value is -4.29. The molecule has 4 rings (SSSR count). The van der Waals surface area contributed by atoms with E-state index in [1.54, 1.807) is 32.9 Å². The highest BCUT2D eigenvalue weighted by atomic mass is 32.2. The van der Waals surface area contributed by atoms with Crippen LogP contribution in [0.1, 0.15) is 37.7 Å². The summed E-state index contributed by atoms with van der Waals surface area (Å²) in [6.45, 7) is 9.33. The zero-order chi connectivity index (χ0) is 31.0. The zero-order valence-electron chi connectivity index (χ0n) is 24.7. The van der Waals surface area contributed by atoms with Crippen molar-refractivity contribution in [2.75, 3.05) is 22.9 Å². The highest BCUT2D eigenvalue weighted by molar-refractivity contribution is 7.99. The Morgan fingerprint density at radius 3 is 2.26 bits per heavy atom. The van der Waals surface area contributed by atoms with Crippen LogP contribution < -0.4 is 10.6 Å². The van der Waals surface area contributed by atoms with Gasteiger partial charge in [-0.25, -0.2) is 19.7 Å². The molecule has 2 aromatic carbocycles. The van der Waals surface area contributed by atoms with Crippen molar-refractivity contribution in [3.8, 4) is 11.3 Å². The number of thioether (sulfide) groups is 1. The Labute approximate surface area is 259 Å². The number of hydrogen-bond acceptors (Lipinski definition) is 9. The second kappa shape index (κ2) is 14.3. The van der Waals surface area contributed by atoms with E-state index in [0.717, 1.165) is 22.5 Å². The van der Waals surface area contributed by atoms with Crippen LogP contribution in [-0.2, 0) is 20.9 Å². The van der Waals surface area contributed by atoms with Gasteiger partial charge in [0.1, 0.15) is 12.1 Å². The van der Waals surface area contributed by atoms with Gasteiger partial charge in [-0.2, -0.15) is 0 Å². The third-order valence-corrected chi connectivity index (χ3v) is 7.36. The standard InChI is InChI=1S/C31H34N6O4S2/c1-20-15-21(2)33-28(32-20)43-19-27(39)37(16-22-9-7-6-8-10-22)17-26(38)34-24-13-11-23(12-14-24)25-18-42-29(35-25)36-30(40)41-31(3,4)5/h6-15,18H,16-17,19H2,1-5H3,(H,34,38)(H,35,36,40). The molecule has 0 aliphatic carbocycles. The smallest absolute Gasteiger partial charge is 0.413 e. The Morgan fingerprint density at radius 2 is 1.60 bits per heavy atom. The van der Waals surface area contributed by atoms with Crippen molar-refractivity contribution in [2.45, 2.75) is 51.9 Å². The Kier molecular flexibility index (Phi) is 10.5. The average Bonchev–Trinajstić information content (AvgIpc) is 3.39. The molecular weight excluding hydrogens is 585 g/mol. The van der Waals surface area contributed by atoms with E-state index in [0.29, 0.717) is 28.2 Å². The van der Waals surface area contributed by atoms with Crippen molar-refractivity contribution in [3.63, 3.8) is 0 Å². The van der Waals surface area contributed by atoms with Crippen LogP contribution in [0, 0.1) is 13.8 Å². The molecule has 0 radical (unpaired) electrons. The molecule has 224 valence electrons. The van der Waals surface area contributed by atoms with Crippen LogP contribution in [-0.4, -0.2) is 55.7 Å². The quantitative estimate of drug-likeness (QED) is 0.156. The first kappa shape index (κ1) is 31.6. The van der Waals surface area contributed by atoms with Crippen LogP contribution in [0.15, 0.2) is 71.2 Å². The summed E-state index contributed by atoms with van der Waals surface area (Å²) in [6.07, 6.45) is -0.566. The van der Waals surface area contributed by atoms with Gasteiger partial charge in [-0.05, 0) is 58.4 Å². The van der Waals surface area contributed by atoms with E-state index < -0.39 is 11.7 Å². The van der Waals surface area contributed by atoms with Gasteiger partial charge in [0.2, 0.25) is 11.8 Å². The monoisotopic (exact) mass is 618 g/mol. The van der Waals surface area contributed by atoms with Gasteiger partial charge in [0.15, 0.2) is 10.3 Å². The summed E-state index contributed by atoms with van der Waals surface area (Å²) >= 11 is 2.54. The molecule has 2 heterocycles. The predicted octanol–water partition coefficient (Wildman–Crippen LogP) is 6.32. The van der Waals surface area contributed by atoms with E-state index in [1.165, 1.54) is 28.0 Å². The fourth-order valence-corrected chi connectivity index (χ4v) is 5.52. The number of ether oxygens (including phenoxy) is 1. The minimum atomic E-state index is -0.606. The fourth-order valence-electron chi connectivity index (χ4n) is 3.96. The molecule has 2 N–H and O–H groups in total. The third kappa shape index (κ3) is 10.2. The van der Waals surface area contributed by atoms with Crippen molar-refractivity contribution in [2.24, 2.45) is 0 Å². The van der Waals surface area contributed by atoms with E-state index in [4.69, 9.17) is 4.74 Å². The lowest BCUT2D eigenvalue weighted by Gasteiger charge is -2.22. The zero-order valence-corrected chi connectivity index (χ0v) is 26.3. The van der Waals surface area contributed by atoms with Crippen molar-refractivity contribution in [1.29, 1.82) is 0 Å². The molecule has 0 saturated carbocycles. The molecule has 0 atom stereocenters. The maximum absolute atomic E-state index is 13.2. The summed E-state index contributed by atoms with van der Waals surface area (Å²) in [5.74, 6) is -0.403. The van der Waals surface area contributed by atoms with Gasteiger partial charge in [-0.15, -0.1) is 11.3 Å². The Balaban J connectivity index is 1.37. The minimum Gasteiger partial charge on any atom is -0.444 e. The molecule has 0 saturated heterocycles. The number of hydrogen-bond donors (Lipinski definition) is 2. The highest BCUT2D eigenvalue weighted by Gasteiger charge is 2.20. The molecule has 0 aliphatic rings. The first-order valence-electron chi connectivity index (χ1n) is 13.6. The lowest BCUT2D eigenvalue weighted by molar-refractivity contribution is -0.132. The average molecular weight is 619 g/mol. The fraction of sp³-hybridized carbons (Fsp3) is 0.290. The minimum absolute atomic E-state index is 0.107. The van der Waals surface area contributed by atoms with Crippen molar-refractivity contribution >= 4 is 51.8 Å². The molecule has 4 aromatic rings. The normalized spacial score (nSPS) is 11.1. The van der Waals surface area contributed by atoms with Crippen LogP contribution in [0.25, 0.3) is 11.3 Å². The maximum Gasteiger partial charge on any atom is 0.413 e. The molecule has 12 heteroatoms. The first-order valence-corrected chi connectivity index (χ1v) is 15.4. The van der Waals surface area contributed by atoms with Gasteiger partial charge < -0.3 is 15.0 Å². The molecule has 43 heavy (non-hydrogen) atoms. The van der Waals surface area contributed by atoms with E-state index in [1.807, 2.05) is 67.8 Å². The Morgan fingerprint density at radius 1 is 0.930 bits per heavy atom. The number of nitrogens with zero attached hydrogens (tertiary/aromatic N) is 4. The topological polar surface area (TPSA) is 126 Å². The maximum atomic E-state index is 13.2. The molecule has 3 amide bonds. The van der Waals surface area contributed by atoms with Gasteiger partial charge in [0.05, 0.1) is 11.4 Å². The number of carbonyl (C=O) groups is 3. The number of nitrogens with one attached hydrogen (secondary N) is 2. The van der Waals surface area contributed by atoms with Crippen LogP contribution in [0.4, 0.5) is 15.6 Å². The predicted molar refractivity (Wildman–Crippen MR) is 170 cm³/mol. The number of amides is 3. The number of carbonyl (C=O) groups excluding carboxylic acids is 3. The van der Waals surface area contributed by atoms with Gasteiger partial charge in [-0.3, -0.25) is 14.9 Å². The summed E-state index contributed by atoms with van der Waals surface area (Å²) < 4.78 is 5.27. The SMILES string of the molecule is Cc1cc(C)nc(SCC(=O)N(CC(=O)Nc2ccc(-c3csc(NC(=O)OC(C)(C)C)n3)cc2)Cc2ccccc2)n1. The number of thiazole rings is 1. The number of aryl methyl sites for hydroxylation is 2. The molecule has 10 nitrogen and oxygen atoms in total. The molecule has 0 bridgehead atoms. The van der Waals surface area contributed by atoms with E-state index in [9.17, 15) is 14.4 Å². The molecule has 0 spiro atoms. The second-order valence-electron chi connectivity index (χ2n) is 10.7. The third-order valence-electron chi connectivity index (χ3n) is 5.77. The number of aromatic nitrogens is 3. The van der Waals surface area contributed by atoms with E-state index in [-0.39, 0.29) is 24.1 Å². The van der Waals surface area contributed by atoms with Gasteiger partial charge in [-0.1, -0.05) is 54.2 Å². The summed E-state index contributed by atoms with van der Waals surface area (Å²) in [5.41, 5.74) is 4.07. The van der Waals surface area contributed by atoms with Crippen LogP contribution in [0.5, 0.6) is 0 Å². The van der Waals surface area contributed by atoms with Crippen LogP contribution in [0.2, 0.25) is 0 Å². The lowest BCUT2D eigenvalue weighted by Crippen LogP contribution is -2.38. The second-order valence-corrected chi connectivity index (χ2v) is 12.5. The highest BCUT2D eigenvalue weighted by Crippen LogP contribution is 2.26. The Bertz CT molecular complexity index is 1550. The lowest BCUT2D eigenvalue weighted by atomic mass is 10.1. The van der Waals surface area contributed by atoms with E-state index >= 15 is 0 Å². The largest absolute Gasteiger partial charge is 0.444 e. The van der Waals surface area contributed by atoms with Gasteiger partial charge in [0.25, 0.3) is 0 Å². The number of anilines is 2. The van der Waals surface area contributed by atoms with Crippen LogP contribution in [0.3, 0.4) is 0 Å². The van der Waals surface area contributed by atoms with Crippen molar-refractivity contribution in [3.05, 3.63) is 83.0 Å². The summed E-state index contributed by atoms with van der Waals surface area (Å²) in [4.78, 5) is 53.1. The van der Waals surface area contributed by atoms with E-state index in [2.05, 4.69) is 25.6 Å². The first-order chi connectivity index (χ1) is 20.4. The molecule has 0 unspecified atom stereocenters. The molecular formula is C31H34N6O4S2. The van der Waals surface area contributed by atoms with Gasteiger partial charge in [0, 0.05) is 34.6 Å². The summed E-state index contributed by atoms with van der Waals surface area (Å²) in [7, 11) is 0. The molecule has 0 aliphatic heterocycles. The molecule has 0 fully saturated rings. The van der Waals surface area contributed by atoms with Gasteiger partial charge >= 0.3 is 6.09 Å². The number of rotatable bonds is 10. The summed E-state index contributed by atoms with van der Waals surface area (Å²) in [6, 6.07) is 18.6. The molecule has 2 aromatic heterocycles. The van der Waals surface area contributed by atoms with Crippen molar-refractivity contribution < 1.29 is 19.1 Å². The number of benzene rings is 2. The van der Waals surface area contributed by atoms with Crippen LogP contribution >= 0.6 is 23.1 Å².